The fourth-order valence-corrected chi connectivity index (χ4v) is 4.70. The molecule has 4 N–H and O–H groups in total. The van der Waals surface area contributed by atoms with E-state index in [1.54, 1.807) is 45.0 Å². The number of aryl methyl sites for hydroxylation is 2. The number of ether oxygens (including phenoxy) is 1. The Balaban J connectivity index is 2.11. The lowest BCUT2D eigenvalue weighted by Gasteiger charge is -2.43. The fourth-order valence-electron chi connectivity index (χ4n) is 4.70. The van der Waals surface area contributed by atoms with Crippen LogP contribution in [-0.4, -0.2) is 46.4 Å². The molecule has 0 heterocycles. The molecule has 1 saturated carbocycles. The van der Waals surface area contributed by atoms with E-state index in [0.29, 0.717) is 29.7 Å². The number of para-hydroxylation sites is 1. The number of carbonyl (C=O) groups is 4. The van der Waals surface area contributed by atoms with Crippen LogP contribution in [0, 0.1) is 26.2 Å². The van der Waals surface area contributed by atoms with Crippen molar-refractivity contribution in [1.29, 1.82) is 0 Å². The molecule has 4 amide bonds. The summed E-state index contributed by atoms with van der Waals surface area (Å²) >= 11 is 0. The number of carbonyl (C=O) groups excluding carboxylic acids is 4. The Morgan fingerprint density at radius 3 is 2.23 bits per heavy atom. The van der Waals surface area contributed by atoms with Gasteiger partial charge >= 0.3 is 6.09 Å². The second-order valence-corrected chi connectivity index (χ2v) is 11.1. The quantitative estimate of drug-likeness (QED) is 0.408. The highest BCUT2D eigenvalue weighted by Gasteiger charge is 2.43. The van der Waals surface area contributed by atoms with Gasteiger partial charge in [-0.05, 0) is 76.6 Å². The van der Waals surface area contributed by atoms with Crippen LogP contribution in [0.25, 0.3) is 0 Å². The Bertz CT molecular complexity index is 1300. The van der Waals surface area contributed by atoms with Crippen molar-refractivity contribution in [2.75, 3.05) is 5.32 Å². The first-order valence-electron chi connectivity index (χ1n) is 13.3. The summed E-state index contributed by atoms with van der Waals surface area (Å²) in [6.45, 7) is 8.82. The zero-order valence-corrected chi connectivity index (χ0v) is 23.7. The Morgan fingerprint density at radius 2 is 1.70 bits per heavy atom. The molecular weight excluding hydrogens is 508 g/mol. The van der Waals surface area contributed by atoms with Crippen molar-refractivity contribution < 1.29 is 23.9 Å². The first-order chi connectivity index (χ1) is 18.8. The van der Waals surface area contributed by atoms with Crippen LogP contribution in [0.4, 0.5) is 10.5 Å². The molecule has 0 radical (unpaired) electrons. The van der Waals surface area contributed by atoms with Crippen LogP contribution in [0.2, 0.25) is 0 Å². The third kappa shape index (κ3) is 7.41. The van der Waals surface area contributed by atoms with Crippen LogP contribution in [0.3, 0.4) is 0 Å². The number of anilines is 1. The van der Waals surface area contributed by atoms with Gasteiger partial charge in [0, 0.05) is 17.3 Å². The maximum atomic E-state index is 14.2. The Kier molecular flexibility index (Phi) is 9.59. The minimum absolute atomic E-state index is 0.317. The molecule has 0 spiro atoms. The molecule has 3 rings (SSSR count). The summed E-state index contributed by atoms with van der Waals surface area (Å²) in [5.41, 5.74) is 7.91. The van der Waals surface area contributed by atoms with Crippen molar-refractivity contribution in [3.63, 3.8) is 0 Å². The molecule has 40 heavy (non-hydrogen) atoms. The van der Waals surface area contributed by atoms with Gasteiger partial charge < -0.3 is 26.0 Å². The fraction of sp³-hybridized carbons (Fsp3) is 0.419. The van der Waals surface area contributed by atoms with Gasteiger partial charge in [-0.2, -0.15) is 0 Å². The molecule has 1 aliphatic rings. The lowest BCUT2D eigenvalue weighted by molar-refractivity contribution is -0.146. The molecule has 0 saturated heterocycles. The van der Waals surface area contributed by atoms with Crippen molar-refractivity contribution >= 4 is 29.5 Å². The number of terminal acetylenes is 1. The minimum atomic E-state index is -1.35. The lowest BCUT2D eigenvalue weighted by Crippen LogP contribution is -2.57. The minimum Gasteiger partial charge on any atom is -0.444 e. The standard InChI is InChI=1S/C31H38N4O5/c1-7-21-14-8-9-17-23(21)27(28(37)34-26-19(2)12-10-13-20(26)3)35(22-15-11-16-22)29(38)24(18-25(32)36)33-30(39)40-31(4,5)6/h1,8-10,12-14,17,22,24,27H,11,15-16,18H2,2-6H3,(H2,32,36)(H,33,39)(H,34,37). The van der Waals surface area contributed by atoms with E-state index in [9.17, 15) is 19.2 Å². The average Bonchev–Trinajstić information content (AvgIpc) is 2.83. The molecule has 2 atom stereocenters. The summed E-state index contributed by atoms with van der Waals surface area (Å²) in [6.07, 6.45) is 6.62. The molecule has 9 heteroatoms. The second-order valence-electron chi connectivity index (χ2n) is 11.1. The third-order valence-corrected chi connectivity index (χ3v) is 6.78. The van der Waals surface area contributed by atoms with Gasteiger partial charge in [-0.3, -0.25) is 14.4 Å². The first-order valence-corrected chi connectivity index (χ1v) is 13.3. The number of hydrogen-bond acceptors (Lipinski definition) is 5. The van der Waals surface area contributed by atoms with Gasteiger partial charge in [-0.25, -0.2) is 4.79 Å². The average molecular weight is 547 g/mol. The predicted octanol–water partition coefficient (Wildman–Crippen LogP) is 4.11. The molecule has 2 aromatic rings. The lowest BCUT2D eigenvalue weighted by atomic mass is 9.87. The SMILES string of the molecule is C#Cc1ccccc1C(C(=O)Nc1c(C)cccc1C)N(C(=O)C(CC(N)=O)NC(=O)OC(C)(C)C)C1CCC1. The Morgan fingerprint density at radius 1 is 1.07 bits per heavy atom. The van der Waals surface area contributed by atoms with Crippen LogP contribution in [0.5, 0.6) is 0 Å². The summed E-state index contributed by atoms with van der Waals surface area (Å²) < 4.78 is 5.34. The maximum absolute atomic E-state index is 14.2. The highest BCUT2D eigenvalue weighted by Crippen LogP contribution is 2.36. The Labute approximate surface area is 235 Å². The summed E-state index contributed by atoms with van der Waals surface area (Å²) in [4.78, 5) is 54.5. The van der Waals surface area contributed by atoms with Crippen LogP contribution in [-0.2, 0) is 19.1 Å². The smallest absolute Gasteiger partial charge is 0.408 e. The number of rotatable bonds is 9. The number of nitrogens with two attached hydrogens (primary N) is 1. The number of hydrogen-bond donors (Lipinski definition) is 3. The predicted molar refractivity (Wildman–Crippen MR) is 153 cm³/mol. The van der Waals surface area contributed by atoms with E-state index in [1.165, 1.54) is 4.90 Å². The van der Waals surface area contributed by atoms with Crippen LogP contribution in [0.15, 0.2) is 42.5 Å². The molecule has 212 valence electrons. The zero-order valence-electron chi connectivity index (χ0n) is 23.7. The summed E-state index contributed by atoms with van der Waals surface area (Å²) in [6, 6.07) is 9.79. The molecule has 0 bridgehead atoms. The van der Waals surface area contributed by atoms with Crippen LogP contribution >= 0.6 is 0 Å². The van der Waals surface area contributed by atoms with E-state index in [2.05, 4.69) is 16.6 Å². The van der Waals surface area contributed by atoms with E-state index < -0.39 is 47.9 Å². The van der Waals surface area contributed by atoms with E-state index in [4.69, 9.17) is 16.9 Å². The molecule has 2 aromatic carbocycles. The van der Waals surface area contributed by atoms with Crippen molar-refractivity contribution in [2.24, 2.45) is 5.73 Å². The van der Waals surface area contributed by atoms with Gasteiger partial charge in [0.05, 0.1) is 6.42 Å². The van der Waals surface area contributed by atoms with Gasteiger partial charge in [0.1, 0.15) is 17.7 Å². The number of amides is 4. The van der Waals surface area contributed by atoms with Gasteiger partial charge in [0.15, 0.2) is 0 Å². The highest BCUT2D eigenvalue weighted by atomic mass is 16.6. The number of nitrogens with zero attached hydrogens (tertiary/aromatic N) is 1. The number of alkyl carbamates (subject to hydrolysis) is 1. The maximum Gasteiger partial charge on any atom is 0.408 e. The van der Waals surface area contributed by atoms with Crippen molar-refractivity contribution in [3.8, 4) is 12.3 Å². The summed E-state index contributed by atoms with van der Waals surface area (Å²) in [5, 5.41) is 5.52. The molecule has 1 aliphatic carbocycles. The molecule has 9 nitrogen and oxygen atoms in total. The van der Waals surface area contributed by atoms with Crippen LogP contribution < -0.4 is 16.4 Å². The Hall–Kier alpha value is -4.32. The van der Waals surface area contributed by atoms with E-state index >= 15 is 0 Å². The van der Waals surface area contributed by atoms with Gasteiger partial charge in [-0.1, -0.05) is 42.3 Å². The monoisotopic (exact) mass is 546 g/mol. The summed E-state index contributed by atoms with van der Waals surface area (Å²) in [5.74, 6) is 0.751. The molecule has 2 unspecified atom stereocenters. The molecule has 1 fully saturated rings. The van der Waals surface area contributed by atoms with E-state index in [-0.39, 0.29) is 6.04 Å². The molecule has 0 aliphatic heterocycles. The van der Waals surface area contributed by atoms with Gasteiger partial charge in [0.25, 0.3) is 5.91 Å². The second kappa shape index (κ2) is 12.7. The zero-order chi connectivity index (χ0) is 29.6. The first kappa shape index (κ1) is 30.2. The number of primary amides is 1. The van der Waals surface area contributed by atoms with Crippen molar-refractivity contribution in [2.45, 2.75) is 84.0 Å². The van der Waals surface area contributed by atoms with Crippen LogP contribution in [0.1, 0.15) is 74.8 Å². The largest absolute Gasteiger partial charge is 0.444 e. The highest BCUT2D eigenvalue weighted by molar-refractivity contribution is 6.01. The van der Waals surface area contributed by atoms with Crippen molar-refractivity contribution in [3.05, 3.63) is 64.7 Å². The topological polar surface area (TPSA) is 131 Å². The van der Waals surface area contributed by atoms with Gasteiger partial charge in [0.2, 0.25) is 11.8 Å². The summed E-state index contributed by atoms with van der Waals surface area (Å²) in [7, 11) is 0. The normalized spacial score (nSPS) is 14.6. The molecular formula is C31H38N4O5. The molecule has 0 aromatic heterocycles. The third-order valence-electron chi connectivity index (χ3n) is 6.78. The van der Waals surface area contributed by atoms with E-state index in [1.807, 2.05) is 32.0 Å². The van der Waals surface area contributed by atoms with Gasteiger partial charge in [-0.15, -0.1) is 6.42 Å². The van der Waals surface area contributed by atoms with E-state index in [0.717, 1.165) is 17.5 Å². The van der Waals surface area contributed by atoms with Crippen molar-refractivity contribution in [1.82, 2.24) is 10.2 Å². The number of benzene rings is 2. The number of nitrogens with one attached hydrogen (secondary N) is 2.